The smallest absolute Gasteiger partial charge is 0.125 e. The molecule has 2 aromatic rings. The van der Waals surface area contributed by atoms with Crippen LogP contribution in [0.5, 0.6) is 5.75 Å². The van der Waals surface area contributed by atoms with E-state index in [2.05, 4.69) is 23.5 Å². The SMILES string of the molecule is CCn1nc(C)cc1CC(NN)c1ccc(Cl)cc1OC. The molecule has 1 atom stereocenters. The maximum Gasteiger partial charge on any atom is 0.125 e. The van der Waals surface area contributed by atoms with E-state index in [1.807, 2.05) is 23.7 Å². The van der Waals surface area contributed by atoms with Crippen LogP contribution in [0, 0.1) is 6.92 Å². The molecular formula is C15H21ClN4O. The number of nitrogens with zero attached hydrogens (tertiary/aromatic N) is 2. The largest absolute Gasteiger partial charge is 0.496 e. The van der Waals surface area contributed by atoms with Gasteiger partial charge in [-0.3, -0.25) is 16.0 Å². The highest BCUT2D eigenvalue weighted by Crippen LogP contribution is 2.30. The van der Waals surface area contributed by atoms with Gasteiger partial charge in [-0.05, 0) is 32.0 Å². The molecule has 0 aliphatic heterocycles. The second-order valence-electron chi connectivity index (χ2n) is 4.90. The Labute approximate surface area is 130 Å². The van der Waals surface area contributed by atoms with E-state index in [4.69, 9.17) is 22.2 Å². The first-order valence-electron chi connectivity index (χ1n) is 6.92. The summed E-state index contributed by atoms with van der Waals surface area (Å²) in [5.41, 5.74) is 5.97. The lowest BCUT2D eigenvalue weighted by Gasteiger charge is -2.19. The number of halogens is 1. The third-order valence-corrected chi connectivity index (χ3v) is 3.71. The summed E-state index contributed by atoms with van der Waals surface area (Å²) >= 11 is 6.01. The van der Waals surface area contributed by atoms with Crippen molar-refractivity contribution in [2.45, 2.75) is 32.9 Å². The van der Waals surface area contributed by atoms with Crippen molar-refractivity contribution in [3.63, 3.8) is 0 Å². The average Bonchev–Trinajstić information content (AvgIpc) is 2.84. The molecule has 6 heteroatoms. The normalized spacial score (nSPS) is 12.4. The molecule has 114 valence electrons. The number of ether oxygens (including phenoxy) is 1. The summed E-state index contributed by atoms with van der Waals surface area (Å²) in [6, 6.07) is 7.58. The van der Waals surface area contributed by atoms with Crippen LogP contribution in [0.2, 0.25) is 5.02 Å². The van der Waals surface area contributed by atoms with Crippen molar-refractivity contribution in [2.75, 3.05) is 7.11 Å². The van der Waals surface area contributed by atoms with Gasteiger partial charge in [0.2, 0.25) is 0 Å². The third kappa shape index (κ3) is 3.56. The zero-order valence-electron chi connectivity index (χ0n) is 12.6. The van der Waals surface area contributed by atoms with E-state index >= 15 is 0 Å². The molecule has 0 amide bonds. The summed E-state index contributed by atoms with van der Waals surface area (Å²) in [7, 11) is 1.63. The topological polar surface area (TPSA) is 65.1 Å². The van der Waals surface area contributed by atoms with E-state index in [9.17, 15) is 0 Å². The Balaban J connectivity index is 2.31. The molecule has 0 bridgehead atoms. The number of nitrogens with two attached hydrogens (primary N) is 1. The predicted molar refractivity (Wildman–Crippen MR) is 84.4 cm³/mol. The number of methoxy groups -OCH3 is 1. The minimum Gasteiger partial charge on any atom is -0.496 e. The van der Waals surface area contributed by atoms with Gasteiger partial charge in [-0.1, -0.05) is 17.7 Å². The molecule has 0 saturated carbocycles. The van der Waals surface area contributed by atoms with Gasteiger partial charge in [0, 0.05) is 29.2 Å². The van der Waals surface area contributed by atoms with Crippen LogP contribution < -0.4 is 16.0 Å². The number of hydrogen-bond acceptors (Lipinski definition) is 4. The van der Waals surface area contributed by atoms with Crippen molar-refractivity contribution in [2.24, 2.45) is 5.84 Å². The number of aryl methyl sites for hydroxylation is 2. The van der Waals surface area contributed by atoms with Crippen LogP contribution in [-0.2, 0) is 13.0 Å². The molecule has 1 aromatic carbocycles. The first-order chi connectivity index (χ1) is 10.1. The lowest BCUT2D eigenvalue weighted by atomic mass is 10.0. The van der Waals surface area contributed by atoms with Gasteiger partial charge in [-0.15, -0.1) is 0 Å². The first-order valence-corrected chi connectivity index (χ1v) is 7.29. The van der Waals surface area contributed by atoms with Crippen molar-refractivity contribution in [3.8, 4) is 5.75 Å². The molecule has 0 spiro atoms. The van der Waals surface area contributed by atoms with E-state index in [1.54, 1.807) is 13.2 Å². The molecule has 2 rings (SSSR count). The van der Waals surface area contributed by atoms with Crippen LogP contribution in [0.3, 0.4) is 0 Å². The van der Waals surface area contributed by atoms with Crippen LogP contribution in [0.15, 0.2) is 24.3 Å². The molecule has 3 N–H and O–H groups in total. The van der Waals surface area contributed by atoms with Crippen LogP contribution in [0.1, 0.15) is 29.9 Å². The van der Waals surface area contributed by atoms with Crippen molar-refractivity contribution >= 4 is 11.6 Å². The number of aromatic nitrogens is 2. The van der Waals surface area contributed by atoms with Gasteiger partial charge >= 0.3 is 0 Å². The molecule has 21 heavy (non-hydrogen) atoms. The van der Waals surface area contributed by atoms with E-state index in [0.29, 0.717) is 5.02 Å². The Morgan fingerprint density at radius 1 is 1.43 bits per heavy atom. The number of rotatable bonds is 6. The number of benzene rings is 1. The molecule has 0 aliphatic carbocycles. The Kier molecular flexibility index (Phi) is 5.22. The van der Waals surface area contributed by atoms with E-state index in [0.717, 1.165) is 35.7 Å². The first kappa shape index (κ1) is 15.8. The Morgan fingerprint density at radius 3 is 2.81 bits per heavy atom. The van der Waals surface area contributed by atoms with Crippen molar-refractivity contribution in [1.29, 1.82) is 0 Å². The van der Waals surface area contributed by atoms with Gasteiger partial charge in [0.05, 0.1) is 18.8 Å². The van der Waals surface area contributed by atoms with Crippen molar-refractivity contribution < 1.29 is 4.74 Å². The minimum atomic E-state index is -0.0707. The van der Waals surface area contributed by atoms with Gasteiger partial charge in [0.1, 0.15) is 5.75 Å². The highest BCUT2D eigenvalue weighted by Gasteiger charge is 2.18. The lowest BCUT2D eigenvalue weighted by Crippen LogP contribution is -2.30. The maximum absolute atomic E-state index is 6.01. The standard InChI is InChI=1S/C15H21ClN4O/c1-4-20-12(7-10(2)19-20)9-14(18-17)13-6-5-11(16)8-15(13)21-3/h5-8,14,18H,4,9,17H2,1-3H3. The Morgan fingerprint density at radius 2 is 2.19 bits per heavy atom. The summed E-state index contributed by atoms with van der Waals surface area (Å²) in [5, 5.41) is 5.10. The summed E-state index contributed by atoms with van der Waals surface area (Å²) in [6.07, 6.45) is 0.725. The van der Waals surface area contributed by atoms with Gasteiger partial charge in [0.15, 0.2) is 0 Å². The quantitative estimate of drug-likeness (QED) is 0.636. The van der Waals surface area contributed by atoms with Gasteiger partial charge in [-0.2, -0.15) is 5.10 Å². The van der Waals surface area contributed by atoms with Crippen LogP contribution in [0.4, 0.5) is 0 Å². The Bertz CT molecular complexity index is 612. The Hall–Kier alpha value is -1.56. The summed E-state index contributed by atoms with van der Waals surface area (Å²) in [5.74, 6) is 6.47. The summed E-state index contributed by atoms with van der Waals surface area (Å²) in [6.45, 7) is 4.89. The molecular weight excluding hydrogens is 288 g/mol. The predicted octanol–water partition coefficient (Wildman–Crippen LogP) is 2.62. The molecule has 5 nitrogen and oxygen atoms in total. The van der Waals surface area contributed by atoms with Crippen molar-refractivity contribution in [3.05, 3.63) is 46.2 Å². The maximum atomic E-state index is 6.01. The molecule has 0 aliphatic rings. The number of nitrogens with one attached hydrogen (secondary N) is 1. The summed E-state index contributed by atoms with van der Waals surface area (Å²) in [4.78, 5) is 0. The van der Waals surface area contributed by atoms with E-state index < -0.39 is 0 Å². The van der Waals surface area contributed by atoms with Crippen molar-refractivity contribution in [1.82, 2.24) is 15.2 Å². The number of hydrogen-bond donors (Lipinski definition) is 2. The zero-order chi connectivity index (χ0) is 15.4. The average molecular weight is 309 g/mol. The van der Waals surface area contributed by atoms with Gasteiger partial charge in [0.25, 0.3) is 0 Å². The highest BCUT2D eigenvalue weighted by atomic mass is 35.5. The molecule has 1 aromatic heterocycles. The lowest BCUT2D eigenvalue weighted by molar-refractivity contribution is 0.397. The molecule has 1 heterocycles. The molecule has 0 fully saturated rings. The number of hydrazine groups is 1. The van der Waals surface area contributed by atoms with Gasteiger partial charge < -0.3 is 4.74 Å². The second-order valence-corrected chi connectivity index (χ2v) is 5.34. The van der Waals surface area contributed by atoms with Gasteiger partial charge in [-0.25, -0.2) is 0 Å². The van der Waals surface area contributed by atoms with Crippen LogP contribution in [0.25, 0.3) is 0 Å². The fourth-order valence-electron chi connectivity index (χ4n) is 2.48. The van der Waals surface area contributed by atoms with Crippen LogP contribution in [-0.4, -0.2) is 16.9 Å². The zero-order valence-corrected chi connectivity index (χ0v) is 13.3. The third-order valence-electron chi connectivity index (χ3n) is 3.47. The summed E-state index contributed by atoms with van der Waals surface area (Å²) < 4.78 is 7.39. The molecule has 0 radical (unpaired) electrons. The molecule has 1 unspecified atom stereocenters. The second kappa shape index (κ2) is 6.93. The minimum absolute atomic E-state index is 0.0707. The van der Waals surface area contributed by atoms with E-state index in [1.165, 1.54) is 0 Å². The van der Waals surface area contributed by atoms with E-state index in [-0.39, 0.29) is 6.04 Å². The fourth-order valence-corrected chi connectivity index (χ4v) is 2.64. The highest BCUT2D eigenvalue weighted by molar-refractivity contribution is 6.30. The molecule has 0 saturated heterocycles. The monoisotopic (exact) mass is 308 g/mol. The van der Waals surface area contributed by atoms with Crippen LogP contribution >= 0.6 is 11.6 Å². The fraction of sp³-hybridized carbons (Fsp3) is 0.400.